The fourth-order valence-corrected chi connectivity index (χ4v) is 4.15. The van der Waals surface area contributed by atoms with Crippen molar-refractivity contribution in [3.63, 3.8) is 0 Å². The maximum absolute atomic E-state index is 7.00. The van der Waals surface area contributed by atoms with Gasteiger partial charge < -0.3 is 20.3 Å². The summed E-state index contributed by atoms with van der Waals surface area (Å²) < 4.78 is 11.2. The van der Waals surface area contributed by atoms with Crippen LogP contribution in [0.15, 0.2) is 42.5 Å². The van der Waals surface area contributed by atoms with Crippen LogP contribution >= 0.6 is 0 Å². The van der Waals surface area contributed by atoms with Crippen LogP contribution in [0.4, 0.5) is 0 Å². The van der Waals surface area contributed by atoms with Crippen molar-refractivity contribution >= 4 is 0 Å². The van der Waals surface area contributed by atoms with Gasteiger partial charge in [-0.05, 0) is 91.1 Å². The quantitative estimate of drug-likeness (QED) is 0.355. The minimum Gasteiger partial charge on any atom is -0.497 e. The highest BCUT2D eigenvalue weighted by Crippen LogP contribution is 2.31. The van der Waals surface area contributed by atoms with Crippen molar-refractivity contribution in [1.82, 2.24) is 0 Å². The molecule has 0 aromatic heterocycles. The zero-order valence-corrected chi connectivity index (χ0v) is 25.3. The van der Waals surface area contributed by atoms with Crippen molar-refractivity contribution in [3.8, 4) is 11.5 Å². The molecular weight excluding hydrogens is 458 g/mol. The van der Waals surface area contributed by atoms with Crippen molar-refractivity contribution < 1.29 is 14.6 Å². The Balaban J connectivity index is 0.00000112. The Hall–Kier alpha value is -2.04. The Labute approximate surface area is 229 Å². The monoisotopic (exact) mass is 515 g/mol. The lowest BCUT2D eigenvalue weighted by molar-refractivity contribution is 0.266. The molecule has 3 rings (SSSR count). The van der Waals surface area contributed by atoms with Crippen LogP contribution in [0.2, 0.25) is 0 Å². The zero-order valence-electron chi connectivity index (χ0n) is 25.3. The third kappa shape index (κ3) is 15.7. The van der Waals surface area contributed by atoms with Crippen molar-refractivity contribution in [2.75, 3.05) is 27.4 Å². The number of benzene rings is 2. The zero-order chi connectivity index (χ0) is 28.2. The number of rotatable bonds is 9. The number of nitrogens with two attached hydrogens (primary N) is 1. The fraction of sp³-hybridized carbons (Fsp3) is 0.636. The molecule has 0 amide bonds. The molecule has 3 N–H and O–H groups in total. The molecule has 1 unspecified atom stereocenters. The third-order valence-corrected chi connectivity index (χ3v) is 5.79. The number of hydrogen-bond donors (Lipinski definition) is 2. The number of hydrogen-bond acceptors (Lipinski definition) is 4. The predicted molar refractivity (Wildman–Crippen MR) is 161 cm³/mol. The van der Waals surface area contributed by atoms with E-state index in [4.69, 9.17) is 20.3 Å². The maximum Gasteiger partial charge on any atom is 0.122 e. The number of aryl methyl sites for hydroxylation is 1. The van der Waals surface area contributed by atoms with E-state index in [0.717, 1.165) is 56.4 Å². The summed E-state index contributed by atoms with van der Waals surface area (Å²) in [6.07, 6.45) is 7.06. The first-order chi connectivity index (χ1) is 17.7. The Bertz CT molecular complexity index is 807. The summed E-state index contributed by atoms with van der Waals surface area (Å²) in [5.74, 6) is 4.61. The highest BCUT2D eigenvalue weighted by atomic mass is 16.5. The van der Waals surface area contributed by atoms with E-state index in [1.54, 1.807) is 7.11 Å². The van der Waals surface area contributed by atoms with E-state index in [-0.39, 0.29) is 0 Å². The molecule has 0 saturated carbocycles. The number of fused-ring (bicyclic) bond motifs is 1. The van der Waals surface area contributed by atoms with Crippen LogP contribution in [0.5, 0.6) is 11.5 Å². The normalized spacial score (nSPS) is 14.7. The molecule has 0 heterocycles. The topological polar surface area (TPSA) is 64.7 Å². The number of methoxy groups -OCH3 is 1. The molecule has 0 bridgehead atoms. The minimum atomic E-state index is 0.509. The standard InChI is InChI=1S/C24H33NO2.2C4H10.CH4O/c1-3-5-22(17-25)21-11-10-19-14-18(8-9-20(19)15-21)12-13-27-24-7-4-6-23(16-24)26-2;2*1-4(2)3;1-2/h4,6-7,10-11,15-16,18,22H,3,5,8-9,12-14,17,25H2,1-2H3;2*4H,1-3H3;2H,1H3/t18?,22-;;;/m0.../s1. The Morgan fingerprint density at radius 1 is 0.919 bits per heavy atom. The summed E-state index contributed by atoms with van der Waals surface area (Å²) in [4.78, 5) is 0. The van der Waals surface area contributed by atoms with E-state index in [0.29, 0.717) is 11.8 Å². The second kappa shape index (κ2) is 21.0. The third-order valence-electron chi connectivity index (χ3n) is 5.79. The van der Waals surface area contributed by atoms with Gasteiger partial charge in [0.15, 0.2) is 0 Å². The summed E-state index contributed by atoms with van der Waals surface area (Å²) in [6.45, 7) is 16.7. The molecule has 4 nitrogen and oxygen atoms in total. The van der Waals surface area contributed by atoms with Crippen molar-refractivity contribution in [1.29, 1.82) is 0 Å². The van der Waals surface area contributed by atoms with E-state index in [2.05, 4.69) is 66.7 Å². The molecule has 2 aromatic carbocycles. The molecule has 37 heavy (non-hydrogen) atoms. The first kappa shape index (κ1) is 35.0. The molecule has 212 valence electrons. The molecule has 1 aliphatic rings. The van der Waals surface area contributed by atoms with Crippen LogP contribution in [0.1, 0.15) is 96.8 Å². The summed E-state index contributed by atoms with van der Waals surface area (Å²) in [6, 6.07) is 14.9. The average Bonchev–Trinajstić information content (AvgIpc) is 2.87. The average molecular weight is 516 g/mol. The molecular formula is C33H57NO3. The second-order valence-corrected chi connectivity index (χ2v) is 11.1. The van der Waals surface area contributed by atoms with Crippen LogP contribution in [0, 0.1) is 17.8 Å². The fourth-order valence-electron chi connectivity index (χ4n) is 4.15. The lowest BCUT2D eigenvalue weighted by Crippen LogP contribution is -2.18. The van der Waals surface area contributed by atoms with Gasteiger partial charge in [-0.25, -0.2) is 0 Å². The molecule has 2 aromatic rings. The number of aliphatic hydroxyl groups is 1. The Kier molecular flexibility index (Phi) is 19.8. The van der Waals surface area contributed by atoms with Gasteiger partial charge in [-0.1, -0.05) is 79.2 Å². The largest absolute Gasteiger partial charge is 0.497 e. The van der Waals surface area contributed by atoms with E-state index >= 15 is 0 Å². The highest BCUT2D eigenvalue weighted by Gasteiger charge is 2.20. The maximum atomic E-state index is 7.00. The highest BCUT2D eigenvalue weighted by molar-refractivity contribution is 5.36. The van der Waals surface area contributed by atoms with E-state index in [1.165, 1.54) is 42.4 Å². The molecule has 0 aliphatic heterocycles. The van der Waals surface area contributed by atoms with E-state index < -0.39 is 0 Å². The van der Waals surface area contributed by atoms with Crippen LogP contribution in [-0.4, -0.2) is 32.5 Å². The van der Waals surface area contributed by atoms with Crippen LogP contribution in [-0.2, 0) is 12.8 Å². The van der Waals surface area contributed by atoms with E-state index in [1.807, 2.05) is 24.3 Å². The lowest BCUT2D eigenvalue weighted by atomic mass is 9.80. The van der Waals surface area contributed by atoms with Crippen molar-refractivity contribution in [2.24, 2.45) is 23.5 Å². The molecule has 0 fully saturated rings. The van der Waals surface area contributed by atoms with Gasteiger partial charge in [0.1, 0.15) is 11.5 Å². The lowest BCUT2D eigenvalue weighted by Gasteiger charge is -2.26. The van der Waals surface area contributed by atoms with Gasteiger partial charge in [0.2, 0.25) is 0 Å². The van der Waals surface area contributed by atoms with Gasteiger partial charge in [0, 0.05) is 13.2 Å². The number of ether oxygens (including phenoxy) is 2. The van der Waals surface area contributed by atoms with Gasteiger partial charge in [-0.3, -0.25) is 0 Å². The van der Waals surface area contributed by atoms with Crippen molar-refractivity contribution in [2.45, 2.75) is 92.9 Å². The second-order valence-electron chi connectivity index (χ2n) is 11.1. The first-order valence-corrected chi connectivity index (χ1v) is 14.2. The van der Waals surface area contributed by atoms with E-state index in [9.17, 15) is 0 Å². The Morgan fingerprint density at radius 2 is 1.54 bits per heavy atom. The van der Waals surface area contributed by atoms with Gasteiger partial charge in [-0.15, -0.1) is 0 Å². The summed E-state index contributed by atoms with van der Waals surface area (Å²) in [7, 11) is 2.68. The van der Waals surface area contributed by atoms with Crippen LogP contribution < -0.4 is 15.2 Å². The van der Waals surface area contributed by atoms with Crippen molar-refractivity contribution in [3.05, 3.63) is 59.2 Å². The molecule has 0 spiro atoms. The molecule has 4 heteroatoms. The minimum absolute atomic E-state index is 0.509. The summed E-state index contributed by atoms with van der Waals surface area (Å²) >= 11 is 0. The van der Waals surface area contributed by atoms with Gasteiger partial charge >= 0.3 is 0 Å². The first-order valence-electron chi connectivity index (χ1n) is 14.2. The molecule has 2 atom stereocenters. The molecule has 1 aliphatic carbocycles. The van der Waals surface area contributed by atoms with Gasteiger partial charge in [0.05, 0.1) is 13.7 Å². The van der Waals surface area contributed by atoms with Crippen LogP contribution in [0.3, 0.4) is 0 Å². The summed E-state index contributed by atoms with van der Waals surface area (Å²) in [5, 5.41) is 7.00. The summed E-state index contributed by atoms with van der Waals surface area (Å²) in [5.41, 5.74) is 10.5. The predicted octanol–water partition coefficient (Wildman–Crippen LogP) is 8.04. The van der Waals surface area contributed by atoms with Gasteiger partial charge in [-0.2, -0.15) is 0 Å². The Morgan fingerprint density at radius 3 is 2.11 bits per heavy atom. The number of aliphatic hydroxyl groups excluding tert-OH is 1. The molecule has 0 saturated heterocycles. The molecule has 0 radical (unpaired) electrons. The van der Waals surface area contributed by atoms with Gasteiger partial charge in [0.25, 0.3) is 0 Å². The van der Waals surface area contributed by atoms with Crippen LogP contribution in [0.25, 0.3) is 0 Å². The SMILES string of the molecule is CC(C)C.CC(C)C.CCC[C@@H](CN)c1ccc2c(c1)CCC(CCOc1cccc(OC)c1)C2.CO. The smallest absolute Gasteiger partial charge is 0.122 e.